The van der Waals surface area contributed by atoms with E-state index in [9.17, 15) is 4.79 Å². The predicted molar refractivity (Wildman–Crippen MR) is 70.3 cm³/mol. The number of nitrogens with zero attached hydrogens (tertiary/aromatic N) is 1. The largest absolute Gasteiger partial charge is 0.497 e. The van der Waals surface area contributed by atoms with Crippen molar-refractivity contribution in [2.24, 2.45) is 5.73 Å². The number of hydrogen-bond acceptors (Lipinski definition) is 3. The van der Waals surface area contributed by atoms with Crippen LogP contribution in [0.25, 0.3) is 0 Å². The molecular weight excluding hydrogens is 228 g/mol. The van der Waals surface area contributed by atoms with Crippen LogP contribution < -0.4 is 10.5 Å². The summed E-state index contributed by atoms with van der Waals surface area (Å²) in [6.07, 6.45) is 2.02. The molecule has 0 spiro atoms. The third-order valence-electron chi connectivity index (χ3n) is 3.40. The Bertz CT molecular complexity index is 432. The van der Waals surface area contributed by atoms with Crippen LogP contribution in [0.15, 0.2) is 24.3 Å². The Morgan fingerprint density at radius 1 is 1.56 bits per heavy atom. The van der Waals surface area contributed by atoms with Crippen LogP contribution in [0.3, 0.4) is 0 Å². The van der Waals surface area contributed by atoms with E-state index in [1.165, 1.54) is 0 Å². The molecule has 2 atom stereocenters. The van der Waals surface area contributed by atoms with Crippen molar-refractivity contribution in [3.63, 3.8) is 0 Å². The number of likely N-dealkylation sites (tertiary alicyclic amines) is 1. The van der Waals surface area contributed by atoms with Gasteiger partial charge in [0.25, 0.3) is 0 Å². The van der Waals surface area contributed by atoms with Gasteiger partial charge in [0, 0.05) is 6.54 Å². The molecular formula is C14H20N2O2. The van der Waals surface area contributed by atoms with Gasteiger partial charge >= 0.3 is 0 Å². The highest BCUT2D eigenvalue weighted by atomic mass is 16.5. The van der Waals surface area contributed by atoms with Crippen molar-refractivity contribution in [1.29, 1.82) is 0 Å². The van der Waals surface area contributed by atoms with Gasteiger partial charge < -0.3 is 15.4 Å². The summed E-state index contributed by atoms with van der Waals surface area (Å²) in [6, 6.07) is 7.61. The minimum Gasteiger partial charge on any atom is -0.497 e. The minimum atomic E-state index is -0.434. The van der Waals surface area contributed by atoms with E-state index >= 15 is 0 Å². The standard InChI is InChI=1S/C14H20N2O2/c1-10(15)14(17)16-8-4-7-13(16)11-5-3-6-12(9-11)18-2/h3,5-6,9-10,13H,4,7-8,15H2,1-2H3. The Morgan fingerprint density at radius 2 is 2.33 bits per heavy atom. The SMILES string of the molecule is COc1cccc(C2CCCN2C(=O)C(C)N)c1. The molecule has 4 nitrogen and oxygen atoms in total. The maximum atomic E-state index is 12.1. The summed E-state index contributed by atoms with van der Waals surface area (Å²) in [5, 5.41) is 0. The number of benzene rings is 1. The van der Waals surface area contributed by atoms with Gasteiger partial charge in [0.2, 0.25) is 5.91 Å². The summed E-state index contributed by atoms with van der Waals surface area (Å²) in [7, 11) is 1.65. The first kappa shape index (κ1) is 12.9. The summed E-state index contributed by atoms with van der Waals surface area (Å²) < 4.78 is 5.23. The molecule has 0 aromatic heterocycles. The van der Waals surface area contributed by atoms with Crippen LogP contribution in [0.1, 0.15) is 31.4 Å². The zero-order valence-corrected chi connectivity index (χ0v) is 10.9. The highest BCUT2D eigenvalue weighted by Crippen LogP contribution is 2.33. The number of nitrogens with two attached hydrogens (primary N) is 1. The average molecular weight is 248 g/mol. The summed E-state index contributed by atoms with van der Waals surface area (Å²) in [4.78, 5) is 13.9. The first-order valence-electron chi connectivity index (χ1n) is 6.33. The van der Waals surface area contributed by atoms with Crippen molar-refractivity contribution < 1.29 is 9.53 Å². The summed E-state index contributed by atoms with van der Waals surface area (Å²) >= 11 is 0. The van der Waals surface area contributed by atoms with E-state index in [2.05, 4.69) is 0 Å². The zero-order valence-electron chi connectivity index (χ0n) is 10.9. The van der Waals surface area contributed by atoms with Gasteiger partial charge in [-0.05, 0) is 37.5 Å². The normalized spacial score (nSPS) is 20.8. The van der Waals surface area contributed by atoms with Crippen molar-refractivity contribution >= 4 is 5.91 Å². The summed E-state index contributed by atoms with van der Waals surface area (Å²) in [6.45, 7) is 2.53. The molecule has 1 aromatic rings. The molecule has 4 heteroatoms. The fraction of sp³-hybridized carbons (Fsp3) is 0.500. The van der Waals surface area contributed by atoms with Crippen LogP contribution in [0, 0.1) is 0 Å². The van der Waals surface area contributed by atoms with Crippen LogP contribution in [0.2, 0.25) is 0 Å². The number of amides is 1. The lowest BCUT2D eigenvalue weighted by Crippen LogP contribution is -2.41. The van der Waals surface area contributed by atoms with E-state index in [4.69, 9.17) is 10.5 Å². The number of ether oxygens (including phenoxy) is 1. The molecule has 0 radical (unpaired) electrons. The molecule has 18 heavy (non-hydrogen) atoms. The van der Waals surface area contributed by atoms with E-state index < -0.39 is 6.04 Å². The molecule has 0 saturated carbocycles. The molecule has 1 heterocycles. The first-order chi connectivity index (χ1) is 8.63. The van der Waals surface area contributed by atoms with Gasteiger partial charge in [-0.25, -0.2) is 0 Å². The van der Waals surface area contributed by atoms with Crippen LogP contribution in [-0.2, 0) is 4.79 Å². The Kier molecular flexibility index (Phi) is 3.87. The molecule has 1 aliphatic heterocycles. The Labute approximate surface area is 108 Å². The molecule has 1 aliphatic rings. The fourth-order valence-corrected chi connectivity index (χ4v) is 2.49. The number of rotatable bonds is 3. The lowest BCUT2D eigenvalue weighted by Gasteiger charge is -2.26. The lowest BCUT2D eigenvalue weighted by atomic mass is 10.0. The van der Waals surface area contributed by atoms with Gasteiger partial charge in [0.15, 0.2) is 0 Å². The Balaban J connectivity index is 2.23. The Hall–Kier alpha value is -1.55. The minimum absolute atomic E-state index is 0.0281. The number of carbonyl (C=O) groups is 1. The monoisotopic (exact) mass is 248 g/mol. The second kappa shape index (κ2) is 5.40. The Morgan fingerprint density at radius 3 is 3.00 bits per heavy atom. The lowest BCUT2D eigenvalue weighted by molar-refractivity contribution is -0.133. The molecule has 0 bridgehead atoms. The molecule has 2 N–H and O–H groups in total. The van der Waals surface area contributed by atoms with Crippen molar-refractivity contribution in [1.82, 2.24) is 4.90 Å². The number of hydrogen-bond donors (Lipinski definition) is 1. The van der Waals surface area contributed by atoms with Crippen LogP contribution in [0.4, 0.5) is 0 Å². The first-order valence-corrected chi connectivity index (χ1v) is 6.33. The zero-order chi connectivity index (χ0) is 13.1. The van der Waals surface area contributed by atoms with E-state index in [1.807, 2.05) is 29.2 Å². The maximum Gasteiger partial charge on any atom is 0.239 e. The molecule has 0 aliphatic carbocycles. The highest BCUT2D eigenvalue weighted by molar-refractivity contribution is 5.82. The van der Waals surface area contributed by atoms with E-state index in [-0.39, 0.29) is 11.9 Å². The van der Waals surface area contributed by atoms with Gasteiger partial charge in [-0.1, -0.05) is 12.1 Å². The highest BCUT2D eigenvalue weighted by Gasteiger charge is 2.31. The molecule has 1 fully saturated rings. The summed E-state index contributed by atoms with van der Waals surface area (Å²) in [5.41, 5.74) is 6.82. The van der Waals surface area contributed by atoms with Crippen LogP contribution >= 0.6 is 0 Å². The van der Waals surface area contributed by atoms with Gasteiger partial charge in [0.05, 0.1) is 19.2 Å². The molecule has 1 aromatic carbocycles. The number of methoxy groups -OCH3 is 1. The van der Waals surface area contributed by atoms with Crippen molar-refractivity contribution in [3.05, 3.63) is 29.8 Å². The predicted octanol–water partition coefficient (Wildman–Crippen LogP) is 1.71. The smallest absolute Gasteiger partial charge is 0.239 e. The van der Waals surface area contributed by atoms with Gasteiger partial charge in [-0.15, -0.1) is 0 Å². The van der Waals surface area contributed by atoms with E-state index in [0.717, 1.165) is 30.7 Å². The van der Waals surface area contributed by atoms with Gasteiger partial charge in [-0.3, -0.25) is 4.79 Å². The average Bonchev–Trinajstić information content (AvgIpc) is 2.86. The van der Waals surface area contributed by atoms with E-state index in [1.54, 1.807) is 14.0 Å². The second-order valence-corrected chi connectivity index (χ2v) is 4.75. The molecule has 98 valence electrons. The quantitative estimate of drug-likeness (QED) is 0.886. The third kappa shape index (κ3) is 2.48. The molecule has 1 amide bonds. The summed E-state index contributed by atoms with van der Waals surface area (Å²) in [5.74, 6) is 0.855. The third-order valence-corrected chi connectivity index (χ3v) is 3.40. The topological polar surface area (TPSA) is 55.6 Å². The molecule has 1 saturated heterocycles. The van der Waals surface area contributed by atoms with Crippen molar-refractivity contribution in [2.45, 2.75) is 31.8 Å². The molecule has 2 unspecified atom stereocenters. The van der Waals surface area contributed by atoms with Crippen LogP contribution in [0.5, 0.6) is 5.75 Å². The van der Waals surface area contributed by atoms with Gasteiger partial charge in [0.1, 0.15) is 5.75 Å². The number of carbonyl (C=O) groups excluding carboxylic acids is 1. The van der Waals surface area contributed by atoms with Crippen molar-refractivity contribution in [3.8, 4) is 5.75 Å². The maximum absolute atomic E-state index is 12.1. The van der Waals surface area contributed by atoms with E-state index in [0.29, 0.717) is 0 Å². The van der Waals surface area contributed by atoms with Crippen LogP contribution in [-0.4, -0.2) is 30.5 Å². The van der Waals surface area contributed by atoms with Gasteiger partial charge in [-0.2, -0.15) is 0 Å². The fourth-order valence-electron chi connectivity index (χ4n) is 2.49. The molecule has 2 rings (SSSR count). The van der Waals surface area contributed by atoms with Crippen molar-refractivity contribution in [2.75, 3.05) is 13.7 Å². The second-order valence-electron chi connectivity index (χ2n) is 4.75.